The zero-order valence-corrected chi connectivity index (χ0v) is 10.9. The average molecular weight is 355 g/mol. The van der Waals surface area contributed by atoms with Gasteiger partial charge in [0.15, 0.2) is 12.5 Å². The summed E-state index contributed by atoms with van der Waals surface area (Å²) in [5, 5.41) is 80.5. The van der Waals surface area contributed by atoms with E-state index in [1.807, 2.05) is 0 Å². The summed E-state index contributed by atoms with van der Waals surface area (Å²) in [4.78, 5) is 0. The van der Waals surface area contributed by atoms with Crippen molar-refractivity contribution < 1.29 is 72.9 Å². The highest BCUT2D eigenvalue weighted by Gasteiger charge is 2.50. The highest BCUT2D eigenvalue weighted by Crippen LogP contribution is 2.28. The van der Waals surface area contributed by atoms with Gasteiger partial charge in [0.05, 0.1) is 31.0 Å². The van der Waals surface area contributed by atoms with Gasteiger partial charge >= 0.3 is 0 Å². The summed E-state index contributed by atoms with van der Waals surface area (Å²) in [5.41, 5.74) is 0. The lowest BCUT2D eigenvalue weighted by Crippen LogP contribution is -2.64. The maximum atomic E-state index is 10.5. The molecule has 2 aliphatic rings. The van der Waals surface area contributed by atoms with Crippen LogP contribution in [0.15, 0.2) is 0 Å². The van der Waals surface area contributed by atoms with Gasteiger partial charge in [0, 0.05) is 0 Å². The minimum Gasteiger partial charge on any atom is -0.394 e. The zero-order valence-electron chi connectivity index (χ0n) is 23.9. The minimum absolute atomic E-state index is 3.38. The van der Waals surface area contributed by atoms with E-state index in [0.29, 0.717) is 0 Å². The predicted molar refractivity (Wildman–Crippen MR) is 68.6 cm³/mol. The molecule has 23 heavy (non-hydrogen) atoms. The van der Waals surface area contributed by atoms with Gasteiger partial charge in [-0.1, -0.05) is 0 Å². The Hall–Kier alpha value is -0.440. The van der Waals surface area contributed by atoms with Gasteiger partial charge in [-0.05, 0) is 0 Å². The molecule has 2 saturated heterocycles. The standard InChI is InChI=1S/C12H22O11/c13-1-3-5(15)6(16)9(19)12(22-3)23-10-4(2-14)21-11(20)8(18)7(10)17/h3-20H,1-2H2/t3-,4-,5+,6+,7-,8-,9-,10-,11?,12+/m1/s1/i1D2,2D,3D,4D,5D,6D,7D,8D,9D,10D,11D,12D/t2?,3-,4-,5+,6+,7-,8-,9-,10-,11?,12+. The Morgan fingerprint density at radius 1 is 0.826 bits per heavy atom. The maximum Gasteiger partial charge on any atom is 0.187 e. The molecule has 0 bridgehead atoms. The number of aliphatic hydroxyl groups is 8. The van der Waals surface area contributed by atoms with Crippen LogP contribution in [0.1, 0.15) is 17.8 Å². The Labute approximate surface area is 149 Å². The molecule has 8 N–H and O–H groups in total. The van der Waals surface area contributed by atoms with Crippen LogP contribution in [0.4, 0.5) is 0 Å². The van der Waals surface area contributed by atoms with Crippen molar-refractivity contribution in [3.63, 3.8) is 0 Å². The molecule has 11 heteroatoms. The molecule has 0 aliphatic carbocycles. The van der Waals surface area contributed by atoms with Crippen LogP contribution in [-0.2, 0) is 14.2 Å². The van der Waals surface area contributed by atoms with Gasteiger partial charge < -0.3 is 55.1 Å². The van der Waals surface area contributed by atoms with E-state index < -0.39 is 74.3 Å². The monoisotopic (exact) mass is 355 g/mol. The molecule has 0 radical (unpaired) electrons. The Morgan fingerprint density at radius 3 is 2.04 bits per heavy atom. The second-order valence-corrected chi connectivity index (χ2v) is 3.91. The molecule has 136 valence electrons. The van der Waals surface area contributed by atoms with Gasteiger partial charge in [0.1, 0.15) is 48.6 Å². The van der Waals surface area contributed by atoms with Gasteiger partial charge in [-0.15, -0.1) is 0 Å². The molecule has 2 aliphatic heterocycles. The highest BCUT2D eigenvalue weighted by molar-refractivity contribution is 4.93. The van der Waals surface area contributed by atoms with E-state index in [0.717, 1.165) is 0 Å². The summed E-state index contributed by atoms with van der Waals surface area (Å²) >= 11 is 0. The molecule has 11 nitrogen and oxygen atoms in total. The van der Waals surface area contributed by atoms with Crippen molar-refractivity contribution in [2.75, 3.05) is 13.1 Å². The normalized spacial score (nSPS) is 93.8. The van der Waals surface area contributed by atoms with Crippen LogP contribution in [0.2, 0.25) is 0 Å². The number of ether oxygens (including phenoxy) is 3. The van der Waals surface area contributed by atoms with E-state index >= 15 is 0 Å². The summed E-state index contributed by atoms with van der Waals surface area (Å²) in [7, 11) is 0. The molecule has 2 unspecified atom stereocenters. The lowest BCUT2D eigenvalue weighted by molar-refractivity contribution is -0.355. The molecule has 0 aromatic heterocycles. The van der Waals surface area contributed by atoms with Crippen LogP contribution < -0.4 is 0 Å². The van der Waals surface area contributed by atoms with Crippen LogP contribution in [0.3, 0.4) is 0 Å². The molecule has 0 aromatic carbocycles. The smallest absolute Gasteiger partial charge is 0.187 e. The van der Waals surface area contributed by atoms with E-state index in [9.17, 15) is 40.9 Å². The summed E-state index contributed by atoms with van der Waals surface area (Å²) < 4.78 is 112. The number of aliphatic hydroxyl groups excluding tert-OH is 1. The molecular formula is C12H22O11. The van der Waals surface area contributed by atoms with E-state index in [2.05, 4.69) is 14.2 Å². The fraction of sp³-hybridized carbons (Fsp3) is 1.00. The van der Waals surface area contributed by atoms with Gasteiger partial charge in [0.2, 0.25) is 0 Å². The van der Waals surface area contributed by atoms with Crippen molar-refractivity contribution in [2.45, 2.75) is 61.2 Å². The van der Waals surface area contributed by atoms with Crippen LogP contribution in [-0.4, -0.2) is 115 Å². The fourth-order valence-corrected chi connectivity index (χ4v) is 1.45. The van der Waals surface area contributed by atoms with Crippen molar-refractivity contribution in [1.82, 2.24) is 0 Å². The molecule has 2 rings (SSSR count). The summed E-state index contributed by atoms with van der Waals surface area (Å²) in [5.74, 6) is 0. The minimum atomic E-state index is -4.82. The molecule has 0 amide bonds. The van der Waals surface area contributed by atoms with Gasteiger partial charge in [-0.3, -0.25) is 0 Å². The van der Waals surface area contributed by atoms with Crippen molar-refractivity contribution >= 4 is 0 Å². The van der Waals surface area contributed by atoms with Crippen LogP contribution in [0, 0.1) is 0 Å². The topological polar surface area (TPSA) is 190 Å². The molecule has 0 aromatic rings. The van der Waals surface area contributed by atoms with Crippen molar-refractivity contribution in [3.05, 3.63) is 0 Å². The van der Waals surface area contributed by atoms with E-state index in [1.165, 1.54) is 0 Å². The van der Waals surface area contributed by atoms with Crippen molar-refractivity contribution in [3.8, 4) is 0 Å². The van der Waals surface area contributed by atoms with Crippen molar-refractivity contribution in [1.29, 1.82) is 0 Å². The quantitative estimate of drug-likeness (QED) is 0.240. The summed E-state index contributed by atoms with van der Waals surface area (Å²) in [6, 6.07) is 0. The van der Waals surface area contributed by atoms with Gasteiger partial charge in [-0.2, -0.15) is 0 Å². The van der Waals surface area contributed by atoms with E-state index in [4.69, 9.17) is 17.8 Å². The second-order valence-electron chi connectivity index (χ2n) is 3.91. The summed E-state index contributed by atoms with van der Waals surface area (Å²) in [6.45, 7) is -7.80. The first-order chi connectivity index (χ1) is 15.3. The Balaban J connectivity index is 2.92. The Morgan fingerprint density at radius 2 is 1.48 bits per heavy atom. The largest absolute Gasteiger partial charge is 0.394 e. The van der Waals surface area contributed by atoms with Crippen molar-refractivity contribution in [2.24, 2.45) is 0 Å². The fourth-order valence-electron chi connectivity index (χ4n) is 1.45. The predicted octanol–water partition coefficient (Wildman–Crippen LogP) is -5.40. The Kier molecular flexibility index (Phi) is 2.60. The Bertz CT molecular complexity index is 903. The van der Waals surface area contributed by atoms with Crippen LogP contribution in [0.5, 0.6) is 0 Å². The highest BCUT2D eigenvalue weighted by atomic mass is 16.7. The first kappa shape index (κ1) is 7.85. The molecule has 2 heterocycles. The lowest BCUT2D eigenvalue weighted by atomic mass is 9.97. The number of hydrogen-bond acceptors (Lipinski definition) is 11. The molecule has 0 spiro atoms. The lowest BCUT2D eigenvalue weighted by Gasteiger charge is -2.45. The molecule has 2 fully saturated rings. The van der Waals surface area contributed by atoms with Crippen LogP contribution >= 0.6 is 0 Å². The van der Waals surface area contributed by atoms with Crippen LogP contribution in [0.25, 0.3) is 0 Å². The van der Waals surface area contributed by atoms with E-state index in [1.54, 1.807) is 0 Å². The SMILES string of the molecule is [2H]C(O)[C@@]1([2H])OC([2H])(O)[C@]([2H])(O)[C@@]([2H])(O)[C@]1([2H])O[C@]1([2H])O[C@]([2H])(C([2H])([2H])O)[C@]([2H])(O)[C@]([2H])(O)[C@@]1([2H])O. The van der Waals surface area contributed by atoms with E-state index in [-0.39, 0.29) is 0 Å². The molecule has 11 atom stereocenters. The molecule has 0 saturated carbocycles. The number of hydrogen-bond donors (Lipinski definition) is 8. The zero-order chi connectivity index (χ0) is 29.2. The maximum absolute atomic E-state index is 10.5. The first-order valence-corrected chi connectivity index (χ1v) is 5.59. The number of rotatable bonds is 4. The molecular weight excluding hydrogens is 320 g/mol. The second kappa shape index (κ2) is 7.63. The van der Waals surface area contributed by atoms with Gasteiger partial charge in [0.25, 0.3) is 0 Å². The van der Waals surface area contributed by atoms with Gasteiger partial charge in [-0.25, -0.2) is 0 Å². The third-order valence-corrected chi connectivity index (χ3v) is 2.54. The average Bonchev–Trinajstić information content (AvgIpc) is 2.63. The summed E-state index contributed by atoms with van der Waals surface area (Å²) in [6.07, 6.45) is -46.4. The first-order valence-electron chi connectivity index (χ1n) is 12.2. The third kappa shape index (κ3) is 3.65. The third-order valence-electron chi connectivity index (χ3n) is 2.54.